The summed E-state index contributed by atoms with van der Waals surface area (Å²) in [6.07, 6.45) is 3.55. The van der Waals surface area contributed by atoms with Crippen LogP contribution in [0.5, 0.6) is 0 Å². The van der Waals surface area contributed by atoms with Crippen molar-refractivity contribution in [1.29, 1.82) is 0 Å². The highest BCUT2D eigenvalue weighted by atomic mass is 19.1. The highest BCUT2D eigenvalue weighted by Crippen LogP contribution is 2.28. The number of carbonyl (C=O) groups is 1. The second-order valence-electron chi connectivity index (χ2n) is 6.60. The quantitative estimate of drug-likeness (QED) is 0.741. The van der Waals surface area contributed by atoms with Crippen LogP contribution in [0.3, 0.4) is 0 Å². The molecule has 2 heterocycles. The molecule has 0 saturated carbocycles. The maximum Gasteiger partial charge on any atom is 0.270 e. The first-order chi connectivity index (χ1) is 13.6. The molecule has 2 aromatic carbocycles. The Balaban J connectivity index is 1.53. The second kappa shape index (κ2) is 7.64. The lowest BCUT2D eigenvalue weighted by molar-refractivity contribution is -0.115. The molecule has 1 aromatic heterocycles. The van der Waals surface area contributed by atoms with Crippen molar-refractivity contribution in [2.75, 3.05) is 0 Å². The van der Waals surface area contributed by atoms with E-state index in [9.17, 15) is 9.18 Å². The standard InChI is InChI=1S/C21H19FN4O2/c1-26-12-11-23-20(26)19(15-7-9-16(22)10-8-15)24-21(27)17-13-18(28-25-17)14-5-3-2-4-6-14/h2-12,18-19H,13H2,1H3,(H,24,27). The van der Waals surface area contributed by atoms with Crippen LogP contribution in [-0.2, 0) is 16.7 Å². The Hall–Kier alpha value is -3.48. The molecule has 1 N–H and O–H groups in total. The molecule has 0 saturated heterocycles. The summed E-state index contributed by atoms with van der Waals surface area (Å²) in [5, 5.41) is 6.93. The van der Waals surface area contributed by atoms with Crippen LogP contribution in [0.4, 0.5) is 4.39 Å². The van der Waals surface area contributed by atoms with Crippen LogP contribution in [0, 0.1) is 5.82 Å². The van der Waals surface area contributed by atoms with Crippen molar-refractivity contribution in [3.05, 3.63) is 89.8 Å². The third kappa shape index (κ3) is 3.64. The number of imidazole rings is 1. The van der Waals surface area contributed by atoms with Crippen molar-refractivity contribution >= 4 is 11.6 Å². The zero-order valence-corrected chi connectivity index (χ0v) is 15.2. The molecule has 7 heteroatoms. The number of oxime groups is 1. The van der Waals surface area contributed by atoms with Crippen LogP contribution >= 0.6 is 0 Å². The van der Waals surface area contributed by atoms with Gasteiger partial charge in [-0.15, -0.1) is 0 Å². The molecule has 1 amide bonds. The van der Waals surface area contributed by atoms with Crippen LogP contribution in [-0.4, -0.2) is 21.2 Å². The molecule has 6 nitrogen and oxygen atoms in total. The molecule has 0 aliphatic carbocycles. The molecule has 2 unspecified atom stereocenters. The van der Waals surface area contributed by atoms with E-state index in [1.807, 2.05) is 41.9 Å². The molecular weight excluding hydrogens is 359 g/mol. The third-order valence-corrected chi connectivity index (χ3v) is 4.70. The third-order valence-electron chi connectivity index (χ3n) is 4.70. The number of nitrogens with one attached hydrogen (secondary N) is 1. The Morgan fingerprint density at radius 3 is 2.64 bits per heavy atom. The topological polar surface area (TPSA) is 68.5 Å². The number of benzene rings is 2. The number of aryl methyl sites for hydroxylation is 1. The summed E-state index contributed by atoms with van der Waals surface area (Å²) in [5.41, 5.74) is 2.01. The maximum atomic E-state index is 13.3. The van der Waals surface area contributed by atoms with E-state index in [1.165, 1.54) is 12.1 Å². The summed E-state index contributed by atoms with van der Waals surface area (Å²) >= 11 is 0. The molecule has 2 atom stereocenters. The van der Waals surface area contributed by atoms with Gasteiger partial charge in [-0.1, -0.05) is 47.6 Å². The number of aromatic nitrogens is 2. The number of halogens is 1. The van der Waals surface area contributed by atoms with Gasteiger partial charge < -0.3 is 14.7 Å². The van der Waals surface area contributed by atoms with Gasteiger partial charge in [-0.25, -0.2) is 9.37 Å². The first-order valence-electron chi connectivity index (χ1n) is 8.93. The summed E-state index contributed by atoms with van der Waals surface area (Å²) in [6.45, 7) is 0. The van der Waals surface area contributed by atoms with Gasteiger partial charge in [0.1, 0.15) is 23.4 Å². The van der Waals surface area contributed by atoms with Crippen LogP contribution in [0.25, 0.3) is 0 Å². The van der Waals surface area contributed by atoms with Gasteiger partial charge in [-0.2, -0.15) is 0 Å². The molecule has 0 spiro atoms. The SMILES string of the molecule is Cn1ccnc1C(NC(=O)C1=NOC(c2ccccc2)C1)c1ccc(F)cc1. The van der Waals surface area contributed by atoms with Crippen molar-refractivity contribution in [3.63, 3.8) is 0 Å². The van der Waals surface area contributed by atoms with Gasteiger partial charge in [-0.3, -0.25) is 4.79 Å². The van der Waals surface area contributed by atoms with E-state index in [0.29, 0.717) is 18.0 Å². The fourth-order valence-electron chi connectivity index (χ4n) is 3.18. The van der Waals surface area contributed by atoms with Gasteiger partial charge in [-0.05, 0) is 23.3 Å². The van der Waals surface area contributed by atoms with Crippen LogP contribution in [0.15, 0.2) is 72.1 Å². The molecular formula is C21H19FN4O2. The van der Waals surface area contributed by atoms with Crippen molar-refractivity contribution in [1.82, 2.24) is 14.9 Å². The summed E-state index contributed by atoms with van der Waals surface area (Å²) in [5.74, 6) is -0.0391. The van der Waals surface area contributed by atoms with E-state index in [2.05, 4.69) is 15.5 Å². The predicted molar refractivity (Wildman–Crippen MR) is 102 cm³/mol. The van der Waals surface area contributed by atoms with E-state index in [-0.39, 0.29) is 17.8 Å². The predicted octanol–water partition coefficient (Wildman–Crippen LogP) is 3.28. The largest absolute Gasteiger partial charge is 0.387 e. The van der Waals surface area contributed by atoms with Crippen LogP contribution in [0.1, 0.15) is 35.5 Å². The Kier molecular flexibility index (Phi) is 4.89. The van der Waals surface area contributed by atoms with Gasteiger partial charge >= 0.3 is 0 Å². The zero-order chi connectivity index (χ0) is 19.5. The second-order valence-corrected chi connectivity index (χ2v) is 6.60. The van der Waals surface area contributed by atoms with Gasteiger partial charge in [0.05, 0.1) is 0 Å². The van der Waals surface area contributed by atoms with E-state index >= 15 is 0 Å². The molecule has 28 heavy (non-hydrogen) atoms. The molecule has 142 valence electrons. The van der Waals surface area contributed by atoms with Crippen molar-refractivity contribution in [2.45, 2.75) is 18.6 Å². The van der Waals surface area contributed by atoms with E-state index in [0.717, 1.165) is 11.1 Å². The fraction of sp³-hybridized carbons (Fsp3) is 0.190. The average molecular weight is 378 g/mol. The summed E-state index contributed by atoms with van der Waals surface area (Å²) in [7, 11) is 1.84. The van der Waals surface area contributed by atoms with Crippen LogP contribution < -0.4 is 5.32 Å². The molecule has 0 bridgehead atoms. The number of rotatable bonds is 5. The fourth-order valence-corrected chi connectivity index (χ4v) is 3.18. The maximum absolute atomic E-state index is 13.3. The lowest BCUT2D eigenvalue weighted by Gasteiger charge is -2.19. The Labute approximate surface area is 161 Å². The highest BCUT2D eigenvalue weighted by molar-refractivity contribution is 6.39. The molecule has 1 aliphatic rings. The van der Waals surface area contributed by atoms with Gasteiger partial charge in [0.25, 0.3) is 5.91 Å². The Morgan fingerprint density at radius 1 is 1.21 bits per heavy atom. The molecule has 0 radical (unpaired) electrons. The lowest BCUT2D eigenvalue weighted by Crippen LogP contribution is -2.35. The minimum atomic E-state index is -0.536. The van der Waals surface area contributed by atoms with E-state index in [4.69, 9.17) is 4.84 Å². The Morgan fingerprint density at radius 2 is 1.96 bits per heavy atom. The lowest BCUT2D eigenvalue weighted by atomic mass is 10.0. The van der Waals surface area contributed by atoms with Gasteiger partial charge in [0, 0.05) is 25.9 Å². The van der Waals surface area contributed by atoms with Crippen LogP contribution in [0.2, 0.25) is 0 Å². The monoisotopic (exact) mass is 378 g/mol. The smallest absolute Gasteiger partial charge is 0.270 e. The summed E-state index contributed by atoms with van der Waals surface area (Å²) in [4.78, 5) is 22.6. The number of amides is 1. The molecule has 4 rings (SSSR count). The average Bonchev–Trinajstić information content (AvgIpc) is 3.37. The first-order valence-corrected chi connectivity index (χ1v) is 8.93. The van der Waals surface area contributed by atoms with E-state index < -0.39 is 6.04 Å². The zero-order valence-electron chi connectivity index (χ0n) is 15.2. The molecule has 3 aromatic rings. The minimum Gasteiger partial charge on any atom is -0.387 e. The van der Waals surface area contributed by atoms with Crippen molar-refractivity contribution in [2.24, 2.45) is 12.2 Å². The van der Waals surface area contributed by atoms with Gasteiger partial charge in [0.15, 0.2) is 6.10 Å². The van der Waals surface area contributed by atoms with Gasteiger partial charge in [0.2, 0.25) is 0 Å². The number of hydrogen-bond acceptors (Lipinski definition) is 4. The summed E-state index contributed by atoms with van der Waals surface area (Å²) < 4.78 is 15.2. The summed E-state index contributed by atoms with van der Waals surface area (Å²) in [6, 6.07) is 15.1. The number of carbonyl (C=O) groups excluding carboxylic acids is 1. The highest BCUT2D eigenvalue weighted by Gasteiger charge is 2.30. The molecule has 0 fully saturated rings. The van der Waals surface area contributed by atoms with E-state index in [1.54, 1.807) is 24.5 Å². The van der Waals surface area contributed by atoms with Crippen molar-refractivity contribution < 1.29 is 14.0 Å². The first kappa shape index (κ1) is 17.9. The van der Waals surface area contributed by atoms with Crippen molar-refractivity contribution in [3.8, 4) is 0 Å². The normalized spacial score (nSPS) is 16.9. The minimum absolute atomic E-state index is 0.278. The number of nitrogens with zero attached hydrogens (tertiary/aromatic N) is 3. The number of hydrogen-bond donors (Lipinski definition) is 1. The Bertz CT molecular complexity index is 999. The molecule has 1 aliphatic heterocycles.